The molecule has 0 unspecified atom stereocenters. The fourth-order valence-corrected chi connectivity index (χ4v) is 1.54. The van der Waals surface area contributed by atoms with Gasteiger partial charge >= 0.3 is 0 Å². The molecule has 0 aliphatic carbocycles. The van der Waals surface area contributed by atoms with E-state index in [1.807, 2.05) is 45.2 Å². The number of hydrogen-bond acceptors (Lipinski definition) is 3. The monoisotopic (exact) mass is 264 g/mol. The van der Waals surface area contributed by atoms with E-state index in [2.05, 4.69) is 6.92 Å². The molecule has 106 valence electrons. The molecule has 4 heteroatoms. The number of ether oxygens (including phenoxy) is 1. The van der Waals surface area contributed by atoms with Gasteiger partial charge in [-0.1, -0.05) is 19.1 Å². The minimum absolute atomic E-state index is 0.0187. The van der Waals surface area contributed by atoms with Crippen LogP contribution in [0.2, 0.25) is 0 Å². The smallest absolute Gasteiger partial charge is 0.260 e. The van der Waals surface area contributed by atoms with E-state index < -0.39 is 0 Å². The van der Waals surface area contributed by atoms with Crippen LogP contribution in [0.15, 0.2) is 24.3 Å². The van der Waals surface area contributed by atoms with E-state index in [4.69, 9.17) is 10.5 Å². The minimum atomic E-state index is -0.149. The number of carbonyl (C=O) groups is 1. The summed E-state index contributed by atoms with van der Waals surface area (Å²) in [5, 5.41) is 0. The Morgan fingerprint density at radius 2 is 1.89 bits per heavy atom. The molecule has 1 rings (SSSR count). The number of nitrogens with two attached hydrogens (primary N) is 1. The average Bonchev–Trinajstić information content (AvgIpc) is 2.44. The van der Waals surface area contributed by atoms with Crippen molar-refractivity contribution in [1.29, 1.82) is 0 Å². The molecule has 0 radical (unpaired) electrons. The van der Waals surface area contributed by atoms with Crippen LogP contribution < -0.4 is 10.5 Å². The van der Waals surface area contributed by atoms with E-state index in [1.54, 1.807) is 4.90 Å². The zero-order chi connectivity index (χ0) is 14.5. The molecule has 1 aromatic carbocycles. The number of likely N-dealkylation sites (N-methyl/N-ethyl adjacent to an activating group) is 1. The Balaban J connectivity index is 2.54. The summed E-state index contributed by atoms with van der Waals surface area (Å²) in [5.74, 6) is 0.669. The third-order valence-corrected chi connectivity index (χ3v) is 3.67. The zero-order valence-corrected chi connectivity index (χ0v) is 12.3. The van der Waals surface area contributed by atoms with E-state index >= 15 is 0 Å². The maximum absolute atomic E-state index is 12.0. The van der Waals surface area contributed by atoms with E-state index in [0.29, 0.717) is 12.3 Å². The lowest BCUT2D eigenvalue weighted by Gasteiger charge is -2.34. The highest BCUT2D eigenvalue weighted by Crippen LogP contribution is 2.17. The Morgan fingerprint density at radius 3 is 2.37 bits per heavy atom. The third-order valence-electron chi connectivity index (χ3n) is 3.67. The fourth-order valence-electron chi connectivity index (χ4n) is 1.54. The van der Waals surface area contributed by atoms with E-state index in [0.717, 1.165) is 12.0 Å². The molecular weight excluding hydrogens is 240 g/mol. The van der Waals surface area contributed by atoms with Gasteiger partial charge in [0.25, 0.3) is 5.91 Å². The number of hydrogen-bond donors (Lipinski definition) is 1. The number of amides is 1. The Hall–Kier alpha value is -1.55. The van der Waals surface area contributed by atoms with Gasteiger partial charge in [-0.05, 0) is 38.0 Å². The molecule has 1 aromatic rings. The highest BCUT2D eigenvalue weighted by molar-refractivity contribution is 5.78. The average molecular weight is 264 g/mol. The highest BCUT2D eigenvalue weighted by atomic mass is 16.5. The van der Waals surface area contributed by atoms with Crippen LogP contribution in [0.25, 0.3) is 0 Å². The van der Waals surface area contributed by atoms with Gasteiger partial charge < -0.3 is 15.4 Å². The second kappa shape index (κ2) is 6.57. The van der Waals surface area contributed by atoms with Crippen LogP contribution in [0, 0.1) is 0 Å². The van der Waals surface area contributed by atoms with E-state index in [9.17, 15) is 4.79 Å². The zero-order valence-electron chi connectivity index (χ0n) is 12.3. The summed E-state index contributed by atoms with van der Waals surface area (Å²) in [5.41, 5.74) is 6.42. The summed E-state index contributed by atoms with van der Waals surface area (Å²) in [6, 6.07) is 7.47. The summed E-state index contributed by atoms with van der Waals surface area (Å²) in [7, 11) is 1.81. The van der Waals surface area contributed by atoms with Crippen molar-refractivity contribution in [1.82, 2.24) is 4.90 Å². The second-order valence-corrected chi connectivity index (χ2v) is 5.26. The summed E-state index contributed by atoms with van der Waals surface area (Å²) in [6.07, 6.45) is 0.903. The highest BCUT2D eigenvalue weighted by Gasteiger charge is 2.25. The minimum Gasteiger partial charge on any atom is -0.484 e. The van der Waals surface area contributed by atoms with Crippen LogP contribution in [0.3, 0.4) is 0 Å². The maximum atomic E-state index is 12.0. The molecule has 0 bridgehead atoms. The van der Waals surface area contributed by atoms with Gasteiger partial charge in [-0.2, -0.15) is 0 Å². The van der Waals surface area contributed by atoms with Gasteiger partial charge in [-0.15, -0.1) is 0 Å². The van der Waals surface area contributed by atoms with Crippen LogP contribution >= 0.6 is 0 Å². The van der Waals surface area contributed by atoms with Crippen LogP contribution in [0.4, 0.5) is 0 Å². The molecule has 0 heterocycles. The summed E-state index contributed by atoms with van der Waals surface area (Å²) < 4.78 is 5.50. The van der Waals surface area contributed by atoms with Crippen molar-refractivity contribution in [2.45, 2.75) is 39.3 Å². The number of benzene rings is 1. The molecule has 0 aliphatic rings. The molecule has 0 saturated heterocycles. The third kappa shape index (κ3) is 4.24. The van der Waals surface area contributed by atoms with E-state index in [1.165, 1.54) is 0 Å². The topological polar surface area (TPSA) is 55.6 Å². The van der Waals surface area contributed by atoms with E-state index in [-0.39, 0.29) is 18.1 Å². The first-order chi connectivity index (χ1) is 8.90. The van der Waals surface area contributed by atoms with Gasteiger partial charge in [-0.3, -0.25) is 4.79 Å². The van der Waals surface area contributed by atoms with Crippen LogP contribution in [0.1, 0.15) is 32.8 Å². The molecule has 0 saturated carbocycles. The van der Waals surface area contributed by atoms with Crippen molar-refractivity contribution in [2.75, 3.05) is 13.7 Å². The van der Waals surface area contributed by atoms with Gasteiger partial charge in [0.15, 0.2) is 6.61 Å². The number of nitrogens with zero attached hydrogens (tertiary/aromatic N) is 1. The van der Waals surface area contributed by atoms with Crippen molar-refractivity contribution in [3.05, 3.63) is 29.8 Å². The van der Waals surface area contributed by atoms with Gasteiger partial charge in [0.2, 0.25) is 0 Å². The molecule has 0 aromatic heterocycles. The van der Waals surface area contributed by atoms with Crippen LogP contribution in [-0.4, -0.2) is 30.0 Å². The largest absolute Gasteiger partial charge is 0.484 e. The van der Waals surface area contributed by atoms with Crippen LogP contribution in [-0.2, 0) is 11.3 Å². The van der Waals surface area contributed by atoms with Crippen LogP contribution in [0.5, 0.6) is 5.75 Å². The van der Waals surface area contributed by atoms with Crippen molar-refractivity contribution < 1.29 is 9.53 Å². The summed E-state index contributed by atoms with van der Waals surface area (Å²) in [4.78, 5) is 13.8. The first-order valence-corrected chi connectivity index (χ1v) is 6.59. The standard InChI is InChI=1S/C15H24N2O2/c1-5-15(2,3)17(4)14(18)11-19-13-8-6-12(10-16)7-9-13/h6-9H,5,10-11,16H2,1-4H3. The Morgan fingerprint density at radius 1 is 1.32 bits per heavy atom. The Bertz CT molecular complexity index is 413. The molecular formula is C15H24N2O2. The first-order valence-electron chi connectivity index (χ1n) is 6.59. The molecule has 19 heavy (non-hydrogen) atoms. The second-order valence-electron chi connectivity index (χ2n) is 5.26. The van der Waals surface area contributed by atoms with Crippen molar-refractivity contribution in [2.24, 2.45) is 5.73 Å². The summed E-state index contributed by atoms with van der Waals surface area (Å²) >= 11 is 0. The van der Waals surface area contributed by atoms with Crippen molar-refractivity contribution >= 4 is 5.91 Å². The normalized spacial score (nSPS) is 11.2. The molecule has 2 N–H and O–H groups in total. The number of rotatable bonds is 6. The summed E-state index contributed by atoms with van der Waals surface area (Å²) in [6.45, 7) is 6.71. The van der Waals surface area contributed by atoms with Crippen molar-refractivity contribution in [3.63, 3.8) is 0 Å². The Labute approximate surface area is 115 Å². The molecule has 0 atom stereocenters. The molecule has 0 fully saturated rings. The van der Waals surface area contributed by atoms with Gasteiger partial charge in [0, 0.05) is 19.1 Å². The fraction of sp³-hybridized carbons (Fsp3) is 0.533. The lowest BCUT2D eigenvalue weighted by atomic mass is 10.00. The molecule has 4 nitrogen and oxygen atoms in total. The maximum Gasteiger partial charge on any atom is 0.260 e. The lowest BCUT2D eigenvalue weighted by molar-refractivity contribution is -0.136. The SMILES string of the molecule is CCC(C)(C)N(C)C(=O)COc1ccc(CN)cc1. The predicted molar refractivity (Wildman–Crippen MR) is 77.0 cm³/mol. The van der Waals surface area contributed by atoms with Gasteiger partial charge in [0.05, 0.1) is 0 Å². The van der Waals surface area contributed by atoms with Gasteiger partial charge in [0.1, 0.15) is 5.75 Å². The quantitative estimate of drug-likeness (QED) is 0.856. The number of carbonyl (C=O) groups excluding carboxylic acids is 1. The van der Waals surface area contributed by atoms with Gasteiger partial charge in [-0.25, -0.2) is 0 Å². The Kier molecular flexibility index (Phi) is 5.36. The molecule has 0 aliphatic heterocycles. The molecule has 0 spiro atoms. The lowest BCUT2D eigenvalue weighted by Crippen LogP contribution is -2.46. The molecule has 1 amide bonds. The predicted octanol–water partition coefficient (Wildman–Crippen LogP) is 2.17. The van der Waals surface area contributed by atoms with Crippen molar-refractivity contribution in [3.8, 4) is 5.75 Å². The first kappa shape index (κ1) is 15.5.